The summed E-state index contributed by atoms with van der Waals surface area (Å²) in [4.78, 5) is 2.45. The Kier molecular flexibility index (Phi) is 6.14. The van der Waals surface area contributed by atoms with E-state index in [4.69, 9.17) is 0 Å². The third-order valence-corrected chi connectivity index (χ3v) is 10.5. The lowest BCUT2D eigenvalue weighted by Crippen LogP contribution is -2.28. The molecule has 1 heteroatoms. The van der Waals surface area contributed by atoms with Crippen molar-refractivity contribution in [2.24, 2.45) is 0 Å². The van der Waals surface area contributed by atoms with Gasteiger partial charge in [-0.3, -0.25) is 0 Å². The molecule has 0 saturated carbocycles. The van der Waals surface area contributed by atoms with Crippen molar-refractivity contribution in [1.82, 2.24) is 0 Å². The maximum Gasteiger partial charge on any atom is 0.0713 e. The molecule has 0 aliphatic heterocycles. The van der Waals surface area contributed by atoms with Gasteiger partial charge in [-0.05, 0) is 86.0 Å². The topological polar surface area (TPSA) is 3.24 Å². The number of hydrogen-bond donors (Lipinski definition) is 0. The largest absolute Gasteiger partial charge is 0.310 e. The summed E-state index contributed by atoms with van der Waals surface area (Å²) in [6.45, 7) is 4.73. The van der Waals surface area contributed by atoms with Gasteiger partial charge in [0.1, 0.15) is 0 Å². The molecule has 0 N–H and O–H groups in total. The predicted octanol–water partition coefficient (Wildman–Crippen LogP) is 11.8. The number of para-hydroxylation sites is 1. The van der Waals surface area contributed by atoms with Crippen molar-refractivity contribution in [3.8, 4) is 22.3 Å². The Morgan fingerprint density at radius 2 is 0.809 bits per heavy atom. The molecule has 0 saturated heterocycles. The average Bonchev–Trinajstić information content (AvgIpc) is 3.56. The molecule has 0 atom stereocenters. The van der Waals surface area contributed by atoms with Gasteiger partial charge in [-0.25, -0.2) is 0 Å². The summed E-state index contributed by atoms with van der Waals surface area (Å²) in [5, 5.41) is 0. The highest BCUT2D eigenvalue weighted by Crippen LogP contribution is 2.57. The van der Waals surface area contributed by atoms with Crippen molar-refractivity contribution in [3.63, 3.8) is 0 Å². The first-order chi connectivity index (χ1) is 23.1. The third kappa shape index (κ3) is 3.90. The van der Waals surface area contributed by atoms with E-state index in [9.17, 15) is 0 Å². The lowest BCUT2D eigenvalue weighted by atomic mass is 9.67. The fraction of sp³-hybridized carbons (Fsp3) is 0.0870. The minimum atomic E-state index is -0.415. The minimum Gasteiger partial charge on any atom is -0.310 e. The minimum absolute atomic E-state index is 0.135. The van der Waals surface area contributed by atoms with Gasteiger partial charge in [-0.15, -0.1) is 0 Å². The van der Waals surface area contributed by atoms with Crippen LogP contribution in [0.1, 0.15) is 47.2 Å². The molecule has 47 heavy (non-hydrogen) atoms. The van der Waals surface area contributed by atoms with Crippen LogP contribution in [0.3, 0.4) is 0 Å². The van der Waals surface area contributed by atoms with Gasteiger partial charge < -0.3 is 4.90 Å². The number of anilines is 3. The van der Waals surface area contributed by atoms with Gasteiger partial charge in [0, 0.05) is 16.8 Å². The molecule has 0 heterocycles. The Balaban J connectivity index is 1.26. The van der Waals surface area contributed by atoms with Crippen LogP contribution in [-0.2, 0) is 10.8 Å². The van der Waals surface area contributed by atoms with E-state index in [0.717, 1.165) is 11.4 Å². The summed E-state index contributed by atoms with van der Waals surface area (Å²) in [6, 6.07) is 64.8. The zero-order valence-electron chi connectivity index (χ0n) is 26.7. The summed E-state index contributed by atoms with van der Waals surface area (Å²) >= 11 is 0. The maximum atomic E-state index is 2.45. The molecule has 0 radical (unpaired) electrons. The Hall–Kier alpha value is -5.66. The summed E-state index contributed by atoms with van der Waals surface area (Å²) in [5.74, 6) is 0. The van der Waals surface area contributed by atoms with Gasteiger partial charge in [0.25, 0.3) is 0 Å². The highest BCUT2D eigenvalue weighted by Gasteiger charge is 2.46. The van der Waals surface area contributed by atoms with E-state index in [-0.39, 0.29) is 5.41 Å². The third-order valence-electron chi connectivity index (χ3n) is 10.5. The van der Waals surface area contributed by atoms with Crippen molar-refractivity contribution in [1.29, 1.82) is 0 Å². The lowest BCUT2D eigenvalue weighted by Gasteiger charge is -2.35. The lowest BCUT2D eigenvalue weighted by molar-refractivity contribution is 0.661. The SMILES string of the molecule is CC1(C)c2ccccc2-c2cccc(N(c3ccccc3)c3ccc(C4(c5ccccc5)c5ccccc5-c5ccccc54)cc3)c21. The quantitative estimate of drug-likeness (QED) is 0.190. The first-order valence-corrected chi connectivity index (χ1v) is 16.5. The molecule has 224 valence electrons. The normalized spacial score (nSPS) is 14.5. The molecule has 0 amide bonds. The van der Waals surface area contributed by atoms with Crippen LogP contribution in [0.25, 0.3) is 22.3 Å². The predicted molar refractivity (Wildman–Crippen MR) is 196 cm³/mol. The molecule has 0 spiro atoms. The first kappa shape index (κ1) is 27.6. The molecule has 0 aromatic heterocycles. The van der Waals surface area contributed by atoms with E-state index in [1.165, 1.54) is 61.3 Å². The van der Waals surface area contributed by atoms with Gasteiger partial charge in [-0.2, -0.15) is 0 Å². The van der Waals surface area contributed by atoms with Crippen LogP contribution in [0.2, 0.25) is 0 Å². The van der Waals surface area contributed by atoms with Crippen LogP contribution in [0.15, 0.2) is 176 Å². The second-order valence-electron chi connectivity index (χ2n) is 13.3. The Bertz CT molecular complexity index is 2220. The van der Waals surface area contributed by atoms with E-state index >= 15 is 0 Å². The van der Waals surface area contributed by atoms with Crippen LogP contribution in [0, 0.1) is 0 Å². The van der Waals surface area contributed by atoms with Crippen LogP contribution in [0.4, 0.5) is 17.1 Å². The second-order valence-corrected chi connectivity index (χ2v) is 13.3. The monoisotopic (exact) mass is 601 g/mol. The second kappa shape index (κ2) is 10.4. The van der Waals surface area contributed by atoms with Gasteiger partial charge >= 0.3 is 0 Å². The van der Waals surface area contributed by atoms with Crippen molar-refractivity contribution >= 4 is 17.1 Å². The van der Waals surface area contributed by atoms with E-state index in [2.05, 4.69) is 195 Å². The first-order valence-electron chi connectivity index (χ1n) is 16.5. The van der Waals surface area contributed by atoms with E-state index < -0.39 is 5.41 Å². The fourth-order valence-corrected chi connectivity index (χ4v) is 8.58. The standard InChI is InChI=1S/C46H35N/c1-45(2)40-24-12-9-22-38(40)39-23-15-27-43(44(39)45)47(34-18-7-4-8-19-34)35-30-28-33(29-31-35)46(32-16-5-3-6-17-32)41-25-13-10-20-36(41)37-21-11-14-26-42(37)46/h3-31H,1-2H3. The molecular formula is C46H35N. The van der Waals surface area contributed by atoms with Crippen LogP contribution in [0.5, 0.6) is 0 Å². The molecule has 0 unspecified atom stereocenters. The Morgan fingerprint density at radius 1 is 0.362 bits per heavy atom. The zero-order chi connectivity index (χ0) is 31.6. The average molecular weight is 602 g/mol. The molecule has 1 nitrogen and oxygen atoms in total. The summed E-state index contributed by atoms with van der Waals surface area (Å²) in [6.07, 6.45) is 0. The molecule has 2 aliphatic rings. The Morgan fingerprint density at radius 3 is 1.43 bits per heavy atom. The molecular weight excluding hydrogens is 567 g/mol. The number of nitrogens with zero attached hydrogens (tertiary/aromatic N) is 1. The summed E-state index contributed by atoms with van der Waals surface area (Å²) < 4.78 is 0. The maximum absolute atomic E-state index is 2.45. The van der Waals surface area contributed by atoms with Crippen molar-refractivity contribution < 1.29 is 0 Å². The van der Waals surface area contributed by atoms with Crippen molar-refractivity contribution in [2.45, 2.75) is 24.7 Å². The molecule has 0 fully saturated rings. The molecule has 7 aromatic carbocycles. The van der Waals surface area contributed by atoms with Crippen molar-refractivity contribution in [2.75, 3.05) is 4.90 Å². The highest BCUT2D eigenvalue weighted by atomic mass is 15.1. The summed E-state index contributed by atoms with van der Waals surface area (Å²) in [7, 11) is 0. The summed E-state index contributed by atoms with van der Waals surface area (Å²) in [5.41, 5.74) is 16.2. The van der Waals surface area contributed by atoms with Crippen LogP contribution < -0.4 is 4.90 Å². The van der Waals surface area contributed by atoms with Crippen LogP contribution in [-0.4, -0.2) is 0 Å². The van der Waals surface area contributed by atoms with E-state index in [0.29, 0.717) is 0 Å². The number of fused-ring (bicyclic) bond motifs is 6. The number of benzene rings is 7. The van der Waals surface area contributed by atoms with Gasteiger partial charge in [0.15, 0.2) is 0 Å². The van der Waals surface area contributed by atoms with Gasteiger partial charge in [0.2, 0.25) is 0 Å². The number of rotatable bonds is 5. The van der Waals surface area contributed by atoms with Gasteiger partial charge in [0.05, 0.1) is 11.1 Å². The van der Waals surface area contributed by atoms with E-state index in [1.807, 2.05) is 0 Å². The molecule has 0 bridgehead atoms. The highest BCUT2D eigenvalue weighted by molar-refractivity contribution is 5.91. The van der Waals surface area contributed by atoms with E-state index in [1.54, 1.807) is 0 Å². The molecule has 2 aliphatic carbocycles. The smallest absolute Gasteiger partial charge is 0.0713 e. The van der Waals surface area contributed by atoms with Crippen LogP contribution >= 0.6 is 0 Å². The molecule has 9 rings (SSSR count). The fourth-order valence-electron chi connectivity index (χ4n) is 8.58. The molecule has 7 aromatic rings. The zero-order valence-corrected chi connectivity index (χ0v) is 26.7. The Labute approximate surface area is 277 Å². The number of hydrogen-bond acceptors (Lipinski definition) is 1. The van der Waals surface area contributed by atoms with Crippen molar-refractivity contribution in [3.05, 3.63) is 209 Å². The van der Waals surface area contributed by atoms with Gasteiger partial charge in [-0.1, -0.05) is 159 Å².